The minimum absolute atomic E-state index is 0.000758. The molecule has 0 aliphatic heterocycles. The number of carbonyl (C=O) groups is 1. The molecule has 0 radical (unpaired) electrons. The molecule has 1 aliphatic rings. The highest BCUT2D eigenvalue weighted by molar-refractivity contribution is 5.76. The number of hydrogen-bond acceptors (Lipinski definition) is 4. The monoisotopic (exact) mass is 257 g/mol. The first kappa shape index (κ1) is 15.4. The molecule has 0 saturated heterocycles. The third kappa shape index (κ3) is 4.55. The average Bonchev–Trinajstić information content (AvgIpc) is 2.19. The Bertz CT molecular complexity index is 280. The molecule has 1 saturated carbocycles. The number of rotatable bonds is 7. The van der Waals surface area contributed by atoms with Gasteiger partial charge < -0.3 is 21.1 Å². The van der Waals surface area contributed by atoms with E-state index in [2.05, 4.69) is 5.32 Å². The van der Waals surface area contributed by atoms with Crippen molar-refractivity contribution in [3.63, 3.8) is 0 Å². The molecular weight excluding hydrogens is 230 g/mol. The zero-order valence-electron chi connectivity index (χ0n) is 11.8. The van der Waals surface area contributed by atoms with Crippen LogP contribution in [0.1, 0.15) is 32.6 Å². The van der Waals surface area contributed by atoms with Gasteiger partial charge in [-0.3, -0.25) is 4.79 Å². The predicted octanol–water partition coefficient (Wildman–Crippen LogP) is -0.0657. The first-order chi connectivity index (χ1) is 8.29. The van der Waals surface area contributed by atoms with Crippen molar-refractivity contribution in [2.24, 2.45) is 11.1 Å². The molecule has 1 aliphatic carbocycles. The molecule has 0 aromatic carbocycles. The van der Waals surface area contributed by atoms with Crippen LogP contribution in [0.4, 0.5) is 0 Å². The molecule has 1 fully saturated rings. The summed E-state index contributed by atoms with van der Waals surface area (Å²) in [5.41, 5.74) is 4.86. The van der Waals surface area contributed by atoms with Gasteiger partial charge in [-0.25, -0.2) is 0 Å². The Morgan fingerprint density at radius 3 is 2.50 bits per heavy atom. The highest BCUT2D eigenvalue weighted by Gasteiger charge is 2.37. The van der Waals surface area contributed by atoms with Crippen molar-refractivity contribution >= 4 is 5.91 Å². The Labute approximate surface area is 110 Å². The van der Waals surface area contributed by atoms with Gasteiger partial charge in [0.15, 0.2) is 0 Å². The van der Waals surface area contributed by atoms with Gasteiger partial charge in [-0.15, -0.1) is 0 Å². The summed E-state index contributed by atoms with van der Waals surface area (Å²) in [6.45, 7) is 3.11. The van der Waals surface area contributed by atoms with E-state index >= 15 is 0 Å². The van der Waals surface area contributed by atoms with Gasteiger partial charge in [0.2, 0.25) is 5.91 Å². The fraction of sp³-hybridized carbons (Fsp3) is 0.923. The van der Waals surface area contributed by atoms with Gasteiger partial charge in [0, 0.05) is 19.5 Å². The molecular formula is C13H27N3O2. The SMILES string of the molecule is CN(C)CC(C)(O)CNC(=O)CC1(CN)CCC1. The molecule has 0 aromatic heterocycles. The number of nitrogens with zero attached hydrogens (tertiary/aromatic N) is 1. The Morgan fingerprint density at radius 1 is 1.50 bits per heavy atom. The van der Waals surface area contributed by atoms with Crippen molar-refractivity contribution in [1.29, 1.82) is 0 Å². The van der Waals surface area contributed by atoms with Crippen LogP contribution in [0.3, 0.4) is 0 Å². The van der Waals surface area contributed by atoms with E-state index in [-0.39, 0.29) is 17.9 Å². The van der Waals surface area contributed by atoms with E-state index in [4.69, 9.17) is 5.73 Å². The Balaban J connectivity index is 2.32. The molecule has 18 heavy (non-hydrogen) atoms. The van der Waals surface area contributed by atoms with Crippen LogP contribution in [-0.2, 0) is 4.79 Å². The van der Waals surface area contributed by atoms with E-state index in [0.29, 0.717) is 19.5 Å². The van der Waals surface area contributed by atoms with Crippen molar-refractivity contribution in [2.45, 2.75) is 38.2 Å². The highest BCUT2D eigenvalue weighted by Crippen LogP contribution is 2.42. The number of carbonyl (C=O) groups excluding carboxylic acids is 1. The van der Waals surface area contributed by atoms with Crippen molar-refractivity contribution in [1.82, 2.24) is 10.2 Å². The third-order valence-corrected chi connectivity index (χ3v) is 3.71. The van der Waals surface area contributed by atoms with Gasteiger partial charge in [-0.2, -0.15) is 0 Å². The third-order valence-electron chi connectivity index (χ3n) is 3.71. The summed E-state index contributed by atoms with van der Waals surface area (Å²) in [5, 5.41) is 12.9. The lowest BCUT2D eigenvalue weighted by atomic mass is 9.66. The van der Waals surface area contributed by atoms with Gasteiger partial charge in [-0.05, 0) is 45.8 Å². The van der Waals surface area contributed by atoms with Crippen molar-refractivity contribution in [3.8, 4) is 0 Å². The second-order valence-electron chi connectivity index (χ2n) is 6.25. The maximum Gasteiger partial charge on any atom is 0.220 e. The number of nitrogens with one attached hydrogen (secondary N) is 1. The number of amides is 1. The zero-order chi connectivity index (χ0) is 13.8. The maximum absolute atomic E-state index is 11.9. The zero-order valence-corrected chi connectivity index (χ0v) is 11.8. The molecule has 5 nitrogen and oxygen atoms in total. The molecule has 106 valence electrons. The van der Waals surface area contributed by atoms with Crippen LogP contribution in [0, 0.1) is 5.41 Å². The highest BCUT2D eigenvalue weighted by atomic mass is 16.3. The fourth-order valence-corrected chi connectivity index (χ4v) is 2.56. The summed E-state index contributed by atoms with van der Waals surface area (Å²) < 4.78 is 0. The minimum atomic E-state index is -0.894. The van der Waals surface area contributed by atoms with E-state index in [1.807, 2.05) is 19.0 Å². The molecule has 4 N–H and O–H groups in total. The second kappa shape index (κ2) is 5.99. The van der Waals surface area contributed by atoms with Crippen LogP contribution in [0.15, 0.2) is 0 Å². The smallest absolute Gasteiger partial charge is 0.220 e. The van der Waals surface area contributed by atoms with Crippen LogP contribution in [0.25, 0.3) is 0 Å². The van der Waals surface area contributed by atoms with E-state index in [9.17, 15) is 9.90 Å². The maximum atomic E-state index is 11.9. The van der Waals surface area contributed by atoms with Crippen LogP contribution in [-0.4, -0.2) is 55.2 Å². The van der Waals surface area contributed by atoms with Crippen LogP contribution >= 0.6 is 0 Å². The summed E-state index contributed by atoms with van der Waals surface area (Å²) in [5.74, 6) is -0.000758. The molecule has 0 heterocycles. The van der Waals surface area contributed by atoms with E-state index < -0.39 is 5.60 Å². The molecule has 5 heteroatoms. The van der Waals surface area contributed by atoms with E-state index in [0.717, 1.165) is 12.8 Å². The van der Waals surface area contributed by atoms with E-state index in [1.54, 1.807) is 6.92 Å². The Kier molecular flexibility index (Phi) is 5.13. The fourth-order valence-electron chi connectivity index (χ4n) is 2.56. The van der Waals surface area contributed by atoms with E-state index in [1.165, 1.54) is 6.42 Å². The summed E-state index contributed by atoms with van der Waals surface area (Å²) in [7, 11) is 3.79. The first-order valence-corrected chi connectivity index (χ1v) is 6.63. The van der Waals surface area contributed by atoms with Gasteiger partial charge >= 0.3 is 0 Å². The van der Waals surface area contributed by atoms with Crippen molar-refractivity contribution in [2.75, 3.05) is 33.7 Å². The standard InChI is InChI=1S/C13H27N3O2/c1-12(18,10-16(2)3)9-15-11(17)7-13(8-14)5-4-6-13/h18H,4-10,14H2,1-3H3,(H,15,17). The van der Waals surface area contributed by atoms with Crippen LogP contribution in [0.2, 0.25) is 0 Å². The molecule has 1 atom stereocenters. The summed E-state index contributed by atoms with van der Waals surface area (Å²) in [6.07, 6.45) is 3.75. The topological polar surface area (TPSA) is 78.6 Å². The molecule has 0 aromatic rings. The number of nitrogens with two attached hydrogens (primary N) is 1. The Hall–Kier alpha value is -0.650. The summed E-state index contributed by atoms with van der Waals surface area (Å²) in [6, 6.07) is 0. The number of aliphatic hydroxyl groups is 1. The molecule has 1 amide bonds. The summed E-state index contributed by atoms with van der Waals surface area (Å²) >= 11 is 0. The lowest BCUT2D eigenvalue weighted by molar-refractivity contribution is -0.126. The van der Waals surface area contributed by atoms with Crippen molar-refractivity contribution < 1.29 is 9.90 Å². The van der Waals surface area contributed by atoms with Gasteiger partial charge in [0.25, 0.3) is 0 Å². The number of likely N-dealkylation sites (N-methyl/N-ethyl adjacent to an activating group) is 1. The lowest BCUT2D eigenvalue weighted by Crippen LogP contribution is -2.49. The average molecular weight is 257 g/mol. The lowest BCUT2D eigenvalue weighted by Gasteiger charge is -2.40. The van der Waals surface area contributed by atoms with Gasteiger partial charge in [0.05, 0.1) is 5.60 Å². The second-order valence-corrected chi connectivity index (χ2v) is 6.25. The van der Waals surface area contributed by atoms with Crippen LogP contribution in [0.5, 0.6) is 0 Å². The quantitative estimate of drug-likeness (QED) is 0.597. The van der Waals surface area contributed by atoms with Crippen molar-refractivity contribution in [3.05, 3.63) is 0 Å². The largest absolute Gasteiger partial charge is 0.387 e. The predicted molar refractivity (Wildman–Crippen MR) is 72.1 cm³/mol. The molecule has 1 rings (SSSR count). The molecule has 0 spiro atoms. The van der Waals surface area contributed by atoms with Gasteiger partial charge in [0.1, 0.15) is 0 Å². The van der Waals surface area contributed by atoms with Crippen LogP contribution < -0.4 is 11.1 Å². The normalized spacial score (nSPS) is 21.2. The molecule has 0 bridgehead atoms. The van der Waals surface area contributed by atoms with Gasteiger partial charge in [-0.1, -0.05) is 6.42 Å². The Morgan fingerprint density at radius 2 is 2.11 bits per heavy atom. The summed E-state index contributed by atoms with van der Waals surface area (Å²) in [4.78, 5) is 13.8. The first-order valence-electron chi connectivity index (χ1n) is 6.63. The molecule has 1 unspecified atom stereocenters. The minimum Gasteiger partial charge on any atom is -0.387 e. The number of hydrogen-bond donors (Lipinski definition) is 3.